The average Bonchev–Trinajstić information content (AvgIpc) is 2.89. The highest BCUT2D eigenvalue weighted by molar-refractivity contribution is 5.84. The molecule has 21 heavy (non-hydrogen) atoms. The molecular weight excluding hydrogens is 274 g/mol. The van der Waals surface area contributed by atoms with Crippen LogP contribution in [0.15, 0.2) is 0 Å². The van der Waals surface area contributed by atoms with Crippen molar-refractivity contribution in [3.63, 3.8) is 0 Å². The molecule has 1 atom stereocenters. The summed E-state index contributed by atoms with van der Waals surface area (Å²) in [6.07, 6.45) is 1.55. The molecule has 3 amide bonds. The zero-order valence-electron chi connectivity index (χ0n) is 12.7. The SMILES string of the molecule is CC(C)CNC(=O)CNC(=O)N1CCC(CCC(=O)O)C1. The summed E-state index contributed by atoms with van der Waals surface area (Å²) in [5.74, 6) is -0.391. The molecule has 0 aromatic heterocycles. The number of nitrogens with one attached hydrogen (secondary N) is 2. The molecule has 1 aliphatic rings. The van der Waals surface area contributed by atoms with Crippen molar-refractivity contribution >= 4 is 17.9 Å². The molecule has 1 saturated heterocycles. The molecule has 0 aromatic carbocycles. The second-order valence-electron chi connectivity index (χ2n) is 5.89. The third-order valence-electron chi connectivity index (χ3n) is 3.45. The summed E-state index contributed by atoms with van der Waals surface area (Å²) in [6.45, 7) is 5.74. The molecule has 1 heterocycles. The number of urea groups is 1. The van der Waals surface area contributed by atoms with Crippen molar-refractivity contribution in [2.24, 2.45) is 11.8 Å². The van der Waals surface area contributed by atoms with Gasteiger partial charge in [0.25, 0.3) is 0 Å². The topological polar surface area (TPSA) is 98.7 Å². The first-order valence-electron chi connectivity index (χ1n) is 7.39. The number of hydrogen-bond acceptors (Lipinski definition) is 3. The van der Waals surface area contributed by atoms with E-state index in [0.717, 1.165) is 6.42 Å². The van der Waals surface area contributed by atoms with Crippen LogP contribution in [0, 0.1) is 11.8 Å². The minimum Gasteiger partial charge on any atom is -0.481 e. The van der Waals surface area contributed by atoms with Gasteiger partial charge < -0.3 is 20.6 Å². The number of carbonyl (C=O) groups is 3. The van der Waals surface area contributed by atoms with E-state index in [1.807, 2.05) is 13.8 Å². The van der Waals surface area contributed by atoms with E-state index in [1.54, 1.807) is 4.90 Å². The summed E-state index contributed by atoms with van der Waals surface area (Å²) in [6, 6.07) is -0.257. The van der Waals surface area contributed by atoms with Crippen molar-refractivity contribution in [2.75, 3.05) is 26.2 Å². The third-order valence-corrected chi connectivity index (χ3v) is 3.45. The summed E-state index contributed by atoms with van der Waals surface area (Å²) in [4.78, 5) is 35.6. The quantitative estimate of drug-likeness (QED) is 0.643. The Hall–Kier alpha value is -1.79. The summed E-state index contributed by atoms with van der Waals surface area (Å²) < 4.78 is 0. The molecule has 0 aromatic rings. The summed E-state index contributed by atoms with van der Waals surface area (Å²) in [5.41, 5.74) is 0. The lowest BCUT2D eigenvalue weighted by molar-refractivity contribution is -0.137. The largest absolute Gasteiger partial charge is 0.481 e. The number of nitrogens with zero attached hydrogens (tertiary/aromatic N) is 1. The number of amides is 3. The highest BCUT2D eigenvalue weighted by Crippen LogP contribution is 2.20. The van der Waals surface area contributed by atoms with Crippen LogP contribution in [0.25, 0.3) is 0 Å². The fourth-order valence-electron chi connectivity index (χ4n) is 2.23. The lowest BCUT2D eigenvalue weighted by atomic mass is 10.0. The maximum absolute atomic E-state index is 11.9. The van der Waals surface area contributed by atoms with Crippen LogP contribution in [-0.4, -0.2) is 54.1 Å². The van der Waals surface area contributed by atoms with Gasteiger partial charge in [0.05, 0.1) is 6.54 Å². The Morgan fingerprint density at radius 1 is 1.29 bits per heavy atom. The lowest BCUT2D eigenvalue weighted by Crippen LogP contribution is -2.44. The van der Waals surface area contributed by atoms with E-state index in [2.05, 4.69) is 10.6 Å². The van der Waals surface area contributed by atoms with Crippen LogP contribution >= 0.6 is 0 Å². The zero-order chi connectivity index (χ0) is 15.8. The van der Waals surface area contributed by atoms with Crippen LogP contribution in [-0.2, 0) is 9.59 Å². The molecular formula is C14H25N3O4. The van der Waals surface area contributed by atoms with Gasteiger partial charge in [-0.15, -0.1) is 0 Å². The highest BCUT2D eigenvalue weighted by Gasteiger charge is 2.26. The minimum absolute atomic E-state index is 0.0259. The first-order chi connectivity index (χ1) is 9.88. The molecule has 1 unspecified atom stereocenters. The van der Waals surface area contributed by atoms with Gasteiger partial charge in [-0.2, -0.15) is 0 Å². The molecule has 7 heteroatoms. The van der Waals surface area contributed by atoms with E-state index >= 15 is 0 Å². The number of likely N-dealkylation sites (tertiary alicyclic amines) is 1. The van der Waals surface area contributed by atoms with Crippen molar-refractivity contribution in [1.82, 2.24) is 15.5 Å². The van der Waals surface area contributed by atoms with Gasteiger partial charge in [-0.1, -0.05) is 13.8 Å². The maximum atomic E-state index is 11.9. The van der Waals surface area contributed by atoms with Gasteiger partial charge in [0, 0.05) is 26.1 Å². The van der Waals surface area contributed by atoms with E-state index in [9.17, 15) is 14.4 Å². The van der Waals surface area contributed by atoms with Crippen molar-refractivity contribution in [3.05, 3.63) is 0 Å². The van der Waals surface area contributed by atoms with Crippen LogP contribution in [0.5, 0.6) is 0 Å². The van der Waals surface area contributed by atoms with Gasteiger partial charge in [-0.05, 0) is 24.7 Å². The van der Waals surface area contributed by atoms with Crippen LogP contribution in [0.1, 0.15) is 33.1 Å². The van der Waals surface area contributed by atoms with Crippen molar-refractivity contribution in [3.8, 4) is 0 Å². The molecule has 120 valence electrons. The van der Waals surface area contributed by atoms with Crippen molar-refractivity contribution in [1.29, 1.82) is 0 Å². The van der Waals surface area contributed by atoms with Crippen LogP contribution in [0.3, 0.4) is 0 Å². The molecule has 1 rings (SSSR count). The molecule has 0 saturated carbocycles. The van der Waals surface area contributed by atoms with E-state index in [4.69, 9.17) is 5.11 Å². The standard InChI is InChI=1S/C14H25N3O4/c1-10(2)7-15-12(18)8-16-14(21)17-6-5-11(9-17)3-4-13(19)20/h10-11H,3-9H2,1-2H3,(H,15,18)(H,16,21)(H,19,20). The summed E-state index contributed by atoms with van der Waals surface area (Å²) in [5, 5.41) is 14.0. The molecule has 0 aliphatic carbocycles. The smallest absolute Gasteiger partial charge is 0.317 e. The van der Waals surface area contributed by atoms with E-state index in [1.165, 1.54) is 0 Å². The Morgan fingerprint density at radius 2 is 2.00 bits per heavy atom. The molecule has 7 nitrogen and oxygen atoms in total. The highest BCUT2D eigenvalue weighted by atomic mass is 16.4. The Labute approximate surface area is 125 Å². The summed E-state index contributed by atoms with van der Waals surface area (Å²) >= 11 is 0. The molecule has 3 N–H and O–H groups in total. The Bertz CT molecular complexity index is 384. The lowest BCUT2D eigenvalue weighted by Gasteiger charge is -2.17. The average molecular weight is 299 g/mol. The Balaban J connectivity index is 2.21. The fourth-order valence-corrected chi connectivity index (χ4v) is 2.23. The van der Waals surface area contributed by atoms with Crippen molar-refractivity contribution < 1.29 is 19.5 Å². The number of hydrogen-bond donors (Lipinski definition) is 3. The minimum atomic E-state index is -0.806. The summed E-state index contributed by atoms with van der Waals surface area (Å²) in [7, 11) is 0. The monoisotopic (exact) mass is 299 g/mol. The Morgan fingerprint density at radius 3 is 2.62 bits per heavy atom. The van der Waals surface area contributed by atoms with Gasteiger partial charge in [0.15, 0.2) is 0 Å². The molecule has 0 radical (unpaired) electrons. The maximum Gasteiger partial charge on any atom is 0.317 e. The van der Waals surface area contributed by atoms with Gasteiger partial charge in [-0.25, -0.2) is 4.79 Å². The van der Waals surface area contributed by atoms with Gasteiger partial charge in [0.2, 0.25) is 5.91 Å². The number of carbonyl (C=O) groups excluding carboxylic acids is 2. The zero-order valence-corrected chi connectivity index (χ0v) is 12.7. The molecule has 1 fully saturated rings. The fraction of sp³-hybridized carbons (Fsp3) is 0.786. The first-order valence-corrected chi connectivity index (χ1v) is 7.39. The second-order valence-corrected chi connectivity index (χ2v) is 5.89. The van der Waals surface area contributed by atoms with Gasteiger partial charge in [-0.3, -0.25) is 9.59 Å². The van der Waals surface area contributed by atoms with Crippen molar-refractivity contribution in [2.45, 2.75) is 33.1 Å². The number of rotatable bonds is 7. The molecule has 0 bridgehead atoms. The number of aliphatic carboxylic acids is 1. The van der Waals surface area contributed by atoms with E-state index < -0.39 is 5.97 Å². The first kappa shape index (κ1) is 17.3. The van der Waals surface area contributed by atoms with Crippen LogP contribution in [0.4, 0.5) is 4.79 Å². The third kappa shape index (κ3) is 6.97. The van der Waals surface area contributed by atoms with Gasteiger partial charge in [0.1, 0.15) is 0 Å². The van der Waals surface area contributed by atoms with Crippen LogP contribution in [0.2, 0.25) is 0 Å². The van der Waals surface area contributed by atoms with E-state index in [-0.39, 0.29) is 30.8 Å². The van der Waals surface area contributed by atoms with E-state index in [0.29, 0.717) is 32.0 Å². The van der Waals surface area contributed by atoms with Gasteiger partial charge >= 0.3 is 12.0 Å². The molecule has 0 spiro atoms. The predicted octanol–water partition coefficient (Wildman–Crippen LogP) is 0.655. The predicted molar refractivity (Wildman–Crippen MR) is 77.8 cm³/mol. The number of carboxylic acids is 1. The number of carboxylic acid groups (broad SMARTS) is 1. The normalized spacial score (nSPS) is 17.9. The second kappa shape index (κ2) is 8.49. The molecule has 1 aliphatic heterocycles. The Kier molecular flexibility index (Phi) is 6.98. The van der Waals surface area contributed by atoms with Crippen LogP contribution < -0.4 is 10.6 Å².